The van der Waals surface area contributed by atoms with Gasteiger partial charge in [0.2, 0.25) is 0 Å². The van der Waals surface area contributed by atoms with Gasteiger partial charge in [-0.15, -0.1) is 0 Å². The SMILES string of the molecule is COC(OC1C(=O)CCC1=O)OC1C(=O)CCC1=O. The summed E-state index contributed by atoms with van der Waals surface area (Å²) in [6, 6.07) is 0. The van der Waals surface area contributed by atoms with Crippen molar-refractivity contribution in [2.45, 2.75) is 44.4 Å². The Morgan fingerprint density at radius 2 is 1.11 bits per heavy atom. The van der Waals surface area contributed by atoms with E-state index in [1.807, 2.05) is 0 Å². The summed E-state index contributed by atoms with van der Waals surface area (Å²) in [6.07, 6.45) is -1.95. The molecule has 0 aromatic rings. The molecule has 0 spiro atoms. The summed E-state index contributed by atoms with van der Waals surface area (Å²) in [4.78, 5) is 45.6. The fraction of sp³-hybridized carbons (Fsp3) is 0.667. The van der Waals surface area contributed by atoms with E-state index in [-0.39, 0.29) is 48.8 Å². The maximum Gasteiger partial charge on any atom is 0.273 e. The van der Waals surface area contributed by atoms with Crippen LogP contribution in [0.1, 0.15) is 25.7 Å². The van der Waals surface area contributed by atoms with E-state index in [0.717, 1.165) is 0 Å². The summed E-state index contributed by atoms with van der Waals surface area (Å²) in [7, 11) is 1.23. The summed E-state index contributed by atoms with van der Waals surface area (Å²) in [5.41, 5.74) is 0. The largest absolute Gasteiger partial charge is 0.333 e. The molecule has 2 aliphatic rings. The summed E-state index contributed by atoms with van der Waals surface area (Å²) in [5.74, 6) is -1.39. The first kappa shape index (κ1) is 14.0. The van der Waals surface area contributed by atoms with Gasteiger partial charge in [0.05, 0.1) is 0 Å². The maximum absolute atomic E-state index is 11.4. The number of rotatable bonds is 5. The van der Waals surface area contributed by atoms with E-state index >= 15 is 0 Å². The van der Waals surface area contributed by atoms with Crippen molar-refractivity contribution in [1.29, 1.82) is 0 Å². The molecule has 0 saturated heterocycles. The third kappa shape index (κ3) is 2.94. The summed E-state index contributed by atoms with van der Waals surface area (Å²) >= 11 is 0. The van der Waals surface area contributed by atoms with Gasteiger partial charge in [0, 0.05) is 32.8 Å². The lowest BCUT2D eigenvalue weighted by Gasteiger charge is -2.21. The molecule has 19 heavy (non-hydrogen) atoms. The Hall–Kier alpha value is -1.44. The van der Waals surface area contributed by atoms with Crippen molar-refractivity contribution >= 4 is 23.1 Å². The quantitative estimate of drug-likeness (QED) is 0.493. The van der Waals surface area contributed by atoms with Crippen molar-refractivity contribution in [2.75, 3.05) is 7.11 Å². The van der Waals surface area contributed by atoms with Crippen LogP contribution in [-0.4, -0.2) is 48.9 Å². The van der Waals surface area contributed by atoms with Gasteiger partial charge in [-0.3, -0.25) is 19.2 Å². The zero-order valence-electron chi connectivity index (χ0n) is 10.4. The van der Waals surface area contributed by atoms with Crippen molar-refractivity contribution in [3.63, 3.8) is 0 Å². The number of carbonyl (C=O) groups is 4. The third-order valence-corrected chi connectivity index (χ3v) is 3.09. The topological polar surface area (TPSA) is 96.0 Å². The van der Waals surface area contributed by atoms with E-state index in [1.165, 1.54) is 7.11 Å². The van der Waals surface area contributed by atoms with Crippen molar-refractivity contribution in [3.05, 3.63) is 0 Å². The molecule has 2 saturated carbocycles. The fourth-order valence-electron chi connectivity index (χ4n) is 2.05. The summed E-state index contributed by atoms with van der Waals surface area (Å²) in [6.45, 7) is -1.38. The van der Waals surface area contributed by atoms with Crippen LogP contribution in [-0.2, 0) is 33.4 Å². The van der Waals surface area contributed by atoms with Gasteiger partial charge in [-0.1, -0.05) is 0 Å². The number of carbonyl (C=O) groups excluding carboxylic acids is 4. The minimum Gasteiger partial charge on any atom is -0.333 e. The van der Waals surface area contributed by atoms with Crippen LogP contribution in [0.15, 0.2) is 0 Å². The van der Waals surface area contributed by atoms with E-state index in [2.05, 4.69) is 0 Å². The highest BCUT2D eigenvalue weighted by atomic mass is 16.8. The van der Waals surface area contributed by atoms with Crippen LogP contribution in [0.3, 0.4) is 0 Å². The highest BCUT2D eigenvalue weighted by molar-refractivity contribution is 6.12. The van der Waals surface area contributed by atoms with Gasteiger partial charge >= 0.3 is 0 Å². The Kier molecular flexibility index (Phi) is 4.18. The number of ether oxygens (including phenoxy) is 3. The van der Waals surface area contributed by atoms with Gasteiger partial charge in [-0.2, -0.15) is 0 Å². The molecule has 0 atom stereocenters. The second kappa shape index (κ2) is 5.68. The molecule has 0 aromatic heterocycles. The molecule has 104 valence electrons. The lowest BCUT2D eigenvalue weighted by molar-refractivity contribution is -0.292. The highest BCUT2D eigenvalue weighted by Crippen LogP contribution is 2.20. The van der Waals surface area contributed by atoms with Gasteiger partial charge < -0.3 is 14.2 Å². The molecule has 0 unspecified atom stereocenters. The smallest absolute Gasteiger partial charge is 0.273 e. The van der Waals surface area contributed by atoms with Crippen molar-refractivity contribution < 1.29 is 33.4 Å². The highest BCUT2D eigenvalue weighted by Gasteiger charge is 2.40. The van der Waals surface area contributed by atoms with Crippen LogP contribution in [0.2, 0.25) is 0 Å². The molecule has 0 aliphatic heterocycles. The Labute approximate surface area is 109 Å². The first-order valence-electron chi connectivity index (χ1n) is 5.97. The van der Waals surface area contributed by atoms with Crippen LogP contribution in [0, 0.1) is 0 Å². The predicted octanol–water partition coefficient (Wildman–Crippen LogP) is -0.449. The molecule has 2 rings (SSSR count). The average molecular weight is 270 g/mol. The van der Waals surface area contributed by atoms with Crippen LogP contribution in [0.25, 0.3) is 0 Å². The zero-order chi connectivity index (χ0) is 14.0. The molecule has 0 bridgehead atoms. The first-order valence-corrected chi connectivity index (χ1v) is 5.97. The van der Waals surface area contributed by atoms with Crippen molar-refractivity contribution in [3.8, 4) is 0 Å². The number of Topliss-reactive ketones (excluding diaryl/α,β-unsaturated/α-hetero) is 4. The molecular formula is C12H14O7. The van der Waals surface area contributed by atoms with E-state index in [9.17, 15) is 19.2 Å². The minimum atomic E-state index is -1.38. The molecule has 0 radical (unpaired) electrons. The molecule has 2 fully saturated rings. The Balaban J connectivity index is 1.97. The van der Waals surface area contributed by atoms with E-state index in [1.54, 1.807) is 0 Å². The second-order valence-corrected chi connectivity index (χ2v) is 4.42. The zero-order valence-corrected chi connectivity index (χ0v) is 10.4. The van der Waals surface area contributed by atoms with Gasteiger partial charge in [0.15, 0.2) is 35.3 Å². The molecule has 0 aromatic carbocycles. The van der Waals surface area contributed by atoms with Crippen LogP contribution >= 0.6 is 0 Å². The van der Waals surface area contributed by atoms with Crippen LogP contribution in [0.5, 0.6) is 0 Å². The predicted molar refractivity (Wildman–Crippen MR) is 59.0 cm³/mol. The Morgan fingerprint density at radius 1 is 0.789 bits per heavy atom. The van der Waals surface area contributed by atoms with E-state index in [4.69, 9.17) is 14.2 Å². The number of hydrogen-bond acceptors (Lipinski definition) is 7. The first-order chi connectivity index (χ1) is 9.02. The molecule has 0 N–H and O–H groups in total. The monoisotopic (exact) mass is 270 g/mol. The summed E-state index contributed by atoms with van der Waals surface area (Å²) < 4.78 is 15.0. The lowest BCUT2D eigenvalue weighted by Crippen LogP contribution is -2.38. The maximum atomic E-state index is 11.4. The van der Waals surface area contributed by atoms with Gasteiger partial charge in [-0.05, 0) is 0 Å². The second-order valence-electron chi connectivity index (χ2n) is 4.42. The van der Waals surface area contributed by atoms with Gasteiger partial charge in [-0.25, -0.2) is 0 Å². The van der Waals surface area contributed by atoms with Gasteiger partial charge in [0.25, 0.3) is 6.48 Å². The normalized spacial score (nSPS) is 22.2. The number of ketones is 4. The van der Waals surface area contributed by atoms with E-state index < -0.39 is 18.7 Å². The number of hydrogen-bond donors (Lipinski definition) is 0. The molecular weight excluding hydrogens is 256 g/mol. The van der Waals surface area contributed by atoms with Crippen molar-refractivity contribution in [2.24, 2.45) is 0 Å². The van der Waals surface area contributed by atoms with E-state index in [0.29, 0.717) is 0 Å². The molecule has 7 heteroatoms. The Bertz CT molecular complexity index is 358. The van der Waals surface area contributed by atoms with Crippen LogP contribution in [0.4, 0.5) is 0 Å². The van der Waals surface area contributed by atoms with Crippen molar-refractivity contribution in [1.82, 2.24) is 0 Å². The minimum absolute atomic E-state index is 0.126. The Morgan fingerprint density at radius 3 is 1.37 bits per heavy atom. The third-order valence-electron chi connectivity index (χ3n) is 3.09. The molecule has 0 heterocycles. The van der Waals surface area contributed by atoms with Gasteiger partial charge in [0.1, 0.15) is 0 Å². The molecule has 2 aliphatic carbocycles. The van der Waals surface area contributed by atoms with Crippen LogP contribution < -0.4 is 0 Å². The summed E-state index contributed by atoms with van der Waals surface area (Å²) in [5, 5.41) is 0. The standard InChI is InChI=1S/C12H14O7/c1-17-12(18-10-6(13)2-3-7(10)14)19-11-8(15)4-5-9(11)16/h10-12H,2-5H2,1H3. The molecule has 7 nitrogen and oxygen atoms in total. The number of methoxy groups -OCH3 is 1. The molecule has 0 amide bonds. The lowest BCUT2D eigenvalue weighted by atomic mass is 10.3. The fourth-order valence-corrected chi connectivity index (χ4v) is 2.05. The average Bonchev–Trinajstić information content (AvgIpc) is 2.87.